The standard InChI is InChI=1S/C15H24N4O/c1-3-16-12(2)10-15(20)18-13-6-7-14(17-11-13)19-8-4-5-9-19/h6-7,11-12,16H,3-5,8-10H2,1-2H3,(H,18,20). The Labute approximate surface area is 120 Å². The van der Waals surface area contributed by atoms with E-state index in [4.69, 9.17) is 0 Å². The first kappa shape index (κ1) is 14.8. The Bertz CT molecular complexity index is 426. The molecule has 2 heterocycles. The SMILES string of the molecule is CCNC(C)CC(=O)Nc1ccc(N2CCCC2)nc1. The average Bonchev–Trinajstić information content (AvgIpc) is 2.93. The molecule has 1 fully saturated rings. The van der Waals surface area contributed by atoms with E-state index in [2.05, 4.69) is 20.5 Å². The molecule has 0 saturated carbocycles. The maximum absolute atomic E-state index is 11.8. The third-order valence-corrected chi connectivity index (χ3v) is 3.51. The molecular formula is C15H24N4O. The van der Waals surface area contributed by atoms with Crippen molar-refractivity contribution >= 4 is 17.4 Å². The van der Waals surface area contributed by atoms with Gasteiger partial charge in [-0.3, -0.25) is 4.79 Å². The summed E-state index contributed by atoms with van der Waals surface area (Å²) in [6, 6.07) is 4.10. The molecule has 1 aliphatic rings. The van der Waals surface area contributed by atoms with Crippen molar-refractivity contribution in [2.24, 2.45) is 0 Å². The second-order valence-electron chi connectivity index (χ2n) is 5.31. The predicted octanol–water partition coefficient (Wildman–Crippen LogP) is 2.01. The molecule has 5 nitrogen and oxygen atoms in total. The van der Waals surface area contributed by atoms with Gasteiger partial charge >= 0.3 is 0 Å². The molecule has 0 radical (unpaired) electrons. The topological polar surface area (TPSA) is 57.3 Å². The van der Waals surface area contributed by atoms with Gasteiger partial charge < -0.3 is 15.5 Å². The van der Waals surface area contributed by atoms with Crippen molar-refractivity contribution < 1.29 is 4.79 Å². The van der Waals surface area contributed by atoms with Crippen molar-refractivity contribution in [1.29, 1.82) is 0 Å². The van der Waals surface area contributed by atoms with E-state index in [-0.39, 0.29) is 11.9 Å². The largest absolute Gasteiger partial charge is 0.357 e. The van der Waals surface area contributed by atoms with Gasteiger partial charge in [0.05, 0.1) is 11.9 Å². The van der Waals surface area contributed by atoms with Crippen molar-refractivity contribution in [2.45, 2.75) is 39.2 Å². The lowest BCUT2D eigenvalue weighted by molar-refractivity contribution is -0.116. The van der Waals surface area contributed by atoms with Gasteiger partial charge in [0.2, 0.25) is 5.91 Å². The third-order valence-electron chi connectivity index (χ3n) is 3.51. The van der Waals surface area contributed by atoms with Crippen molar-refractivity contribution in [3.8, 4) is 0 Å². The molecular weight excluding hydrogens is 252 g/mol. The van der Waals surface area contributed by atoms with Crippen LogP contribution in [0.25, 0.3) is 0 Å². The summed E-state index contributed by atoms with van der Waals surface area (Å²) in [5.74, 6) is 1.02. The molecule has 20 heavy (non-hydrogen) atoms. The molecule has 2 N–H and O–H groups in total. The highest BCUT2D eigenvalue weighted by Crippen LogP contribution is 2.19. The Balaban J connectivity index is 1.85. The molecule has 0 aromatic carbocycles. The zero-order chi connectivity index (χ0) is 14.4. The van der Waals surface area contributed by atoms with Gasteiger partial charge in [-0.15, -0.1) is 0 Å². The van der Waals surface area contributed by atoms with Crippen LogP contribution in [0.1, 0.15) is 33.1 Å². The zero-order valence-electron chi connectivity index (χ0n) is 12.4. The van der Waals surface area contributed by atoms with E-state index in [9.17, 15) is 4.79 Å². The number of hydrogen-bond acceptors (Lipinski definition) is 4. The first-order valence-electron chi connectivity index (χ1n) is 7.43. The average molecular weight is 276 g/mol. The van der Waals surface area contributed by atoms with Crippen LogP contribution in [0.2, 0.25) is 0 Å². The first-order chi connectivity index (χ1) is 9.69. The molecule has 0 aliphatic carbocycles. The van der Waals surface area contributed by atoms with Crippen molar-refractivity contribution in [1.82, 2.24) is 10.3 Å². The fourth-order valence-corrected chi connectivity index (χ4v) is 2.50. The maximum Gasteiger partial charge on any atom is 0.225 e. The number of hydrogen-bond donors (Lipinski definition) is 2. The number of nitrogens with zero attached hydrogens (tertiary/aromatic N) is 2. The van der Waals surface area contributed by atoms with Gasteiger partial charge in [-0.05, 0) is 38.4 Å². The van der Waals surface area contributed by atoms with E-state index in [1.807, 2.05) is 26.0 Å². The molecule has 1 saturated heterocycles. The Morgan fingerprint density at radius 1 is 1.40 bits per heavy atom. The van der Waals surface area contributed by atoms with Crippen molar-refractivity contribution in [2.75, 3.05) is 29.9 Å². The van der Waals surface area contributed by atoms with E-state index >= 15 is 0 Å². The monoisotopic (exact) mass is 276 g/mol. The van der Waals surface area contributed by atoms with Crippen LogP contribution in [0.4, 0.5) is 11.5 Å². The van der Waals surface area contributed by atoms with E-state index in [1.165, 1.54) is 12.8 Å². The van der Waals surface area contributed by atoms with Gasteiger partial charge in [0, 0.05) is 25.6 Å². The second-order valence-corrected chi connectivity index (χ2v) is 5.31. The summed E-state index contributed by atoms with van der Waals surface area (Å²) in [5.41, 5.74) is 0.765. The minimum atomic E-state index is 0.0224. The zero-order valence-corrected chi connectivity index (χ0v) is 12.4. The number of aromatic nitrogens is 1. The van der Waals surface area contributed by atoms with Gasteiger partial charge in [-0.1, -0.05) is 6.92 Å². The highest BCUT2D eigenvalue weighted by Gasteiger charge is 2.13. The fourth-order valence-electron chi connectivity index (χ4n) is 2.50. The highest BCUT2D eigenvalue weighted by atomic mass is 16.1. The lowest BCUT2D eigenvalue weighted by atomic mass is 10.2. The summed E-state index contributed by atoms with van der Waals surface area (Å²) < 4.78 is 0. The number of amides is 1. The summed E-state index contributed by atoms with van der Waals surface area (Å²) in [7, 11) is 0. The summed E-state index contributed by atoms with van der Waals surface area (Å²) in [6.45, 7) is 7.09. The first-order valence-corrected chi connectivity index (χ1v) is 7.43. The lowest BCUT2D eigenvalue weighted by Crippen LogP contribution is -2.30. The van der Waals surface area contributed by atoms with Gasteiger partial charge in [-0.25, -0.2) is 4.98 Å². The van der Waals surface area contributed by atoms with E-state index in [1.54, 1.807) is 6.20 Å². The number of pyridine rings is 1. The van der Waals surface area contributed by atoms with Crippen LogP contribution in [0, 0.1) is 0 Å². The molecule has 110 valence electrons. The summed E-state index contributed by atoms with van der Waals surface area (Å²) in [6.07, 6.45) is 4.69. The third kappa shape index (κ3) is 4.20. The Kier molecular flexibility index (Phi) is 5.35. The maximum atomic E-state index is 11.8. The molecule has 1 aromatic heterocycles. The summed E-state index contributed by atoms with van der Waals surface area (Å²) in [4.78, 5) is 18.6. The molecule has 1 unspecified atom stereocenters. The lowest BCUT2D eigenvalue weighted by Gasteiger charge is -2.16. The molecule has 0 bridgehead atoms. The Hall–Kier alpha value is -1.62. The summed E-state index contributed by atoms with van der Waals surface area (Å²) >= 11 is 0. The van der Waals surface area contributed by atoms with Crippen molar-refractivity contribution in [3.63, 3.8) is 0 Å². The van der Waals surface area contributed by atoms with E-state index in [0.717, 1.165) is 31.1 Å². The number of anilines is 2. The van der Waals surface area contributed by atoms with E-state index < -0.39 is 0 Å². The van der Waals surface area contributed by atoms with Crippen LogP contribution in [-0.2, 0) is 4.79 Å². The van der Waals surface area contributed by atoms with Crippen LogP contribution in [0.5, 0.6) is 0 Å². The van der Waals surface area contributed by atoms with Gasteiger partial charge in [0.1, 0.15) is 5.82 Å². The number of rotatable bonds is 6. The second kappa shape index (κ2) is 7.24. The van der Waals surface area contributed by atoms with E-state index in [0.29, 0.717) is 6.42 Å². The highest BCUT2D eigenvalue weighted by molar-refractivity contribution is 5.91. The molecule has 1 atom stereocenters. The van der Waals surface area contributed by atoms with Crippen molar-refractivity contribution in [3.05, 3.63) is 18.3 Å². The van der Waals surface area contributed by atoms with Crippen LogP contribution < -0.4 is 15.5 Å². The van der Waals surface area contributed by atoms with Gasteiger partial charge in [0.25, 0.3) is 0 Å². The van der Waals surface area contributed by atoms with Gasteiger partial charge in [0.15, 0.2) is 0 Å². The minimum absolute atomic E-state index is 0.0224. The van der Waals surface area contributed by atoms with Gasteiger partial charge in [-0.2, -0.15) is 0 Å². The van der Waals surface area contributed by atoms with Crippen LogP contribution in [0.15, 0.2) is 18.3 Å². The van der Waals surface area contributed by atoms with Crippen LogP contribution in [0.3, 0.4) is 0 Å². The Morgan fingerprint density at radius 3 is 2.75 bits per heavy atom. The fraction of sp³-hybridized carbons (Fsp3) is 0.600. The molecule has 5 heteroatoms. The number of carbonyl (C=O) groups excluding carboxylic acids is 1. The molecule has 0 spiro atoms. The number of carbonyl (C=O) groups is 1. The quantitative estimate of drug-likeness (QED) is 0.834. The van der Waals surface area contributed by atoms with Crippen LogP contribution >= 0.6 is 0 Å². The Morgan fingerprint density at radius 2 is 2.15 bits per heavy atom. The van der Waals surface area contributed by atoms with Crippen LogP contribution in [-0.4, -0.2) is 36.6 Å². The molecule has 1 amide bonds. The molecule has 2 rings (SSSR count). The molecule has 1 aromatic rings. The summed E-state index contributed by atoms with van der Waals surface area (Å²) in [5, 5.41) is 6.11. The molecule has 1 aliphatic heterocycles. The number of nitrogens with one attached hydrogen (secondary N) is 2. The smallest absolute Gasteiger partial charge is 0.225 e. The predicted molar refractivity (Wildman–Crippen MR) is 82.1 cm³/mol. The normalized spacial score (nSPS) is 16.2. The minimum Gasteiger partial charge on any atom is -0.357 e.